The molecule has 0 aromatic carbocycles. The molecule has 0 bridgehead atoms. The minimum absolute atomic E-state index is 0.00326. The van der Waals surface area contributed by atoms with Crippen molar-refractivity contribution in [1.82, 2.24) is 14.6 Å². The molecule has 0 aliphatic heterocycles. The van der Waals surface area contributed by atoms with Gasteiger partial charge >= 0.3 is 0 Å². The molecule has 0 atom stereocenters. The molecule has 74 valence electrons. The molecule has 0 aliphatic carbocycles. The van der Waals surface area contributed by atoms with Gasteiger partial charge in [0.2, 0.25) is 0 Å². The summed E-state index contributed by atoms with van der Waals surface area (Å²) >= 11 is 3.50. The number of aromatic nitrogens is 3. The first-order valence-electron chi connectivity index (χ1n) is 4.50. The van der Waals surface area contributed by atoms with Crippen LogP contribution in [-0.4, -0.2) is 14.6 Å². The molecule has 0 N–H and O–H groups in total. The first kappa shape index (κ1) is 9.65. The maximum Gasteiger partial charge on any atom is 0.161 e. The van der Waals surface area contributed by atoms with E-state index in [2.05, 4.69) is 46.9 Å². The summed E-state index contributed by atoms with van der Waals surface area (Å²) in [6, 6.07) is 5.90. The monoisotopic (exact) mass is 253 g/mol. The summed E-state index contributed by atoms with van der Waals surface area (Å²) in [7, 11) is 0. The molecular weight excluding hydrogens is 242 g/mol. The summed E-state index contributed by atoms with van der Waals surface area (Å²) < 4.78 is 3.02. The summed E-state index contributed by atoms with van der Waals surface area (Å²) in [5.74, 6) is 0.972. The molecular formula is C10H12BrN3. The topological polar surface area (TPSA) is 30.2 Å². The first-order valence-corrected chi connectivity index (χ1v) is 5.29. The van der Waals surface area contributed by atoms with E-state index >= 15 is 0 Å². The van der Waals surface area contributed by atoms with Gasteiger partial charge in [0.15, 0.2) is 5.65 Å². The van der Waals surface area contributed by atoms with Gasteiger partial charge in [0.25, 0.3) is 0 Å². The fourth-order valence-corrected chi connectivity index (χ4v) is 1.89. The molecule has 0 radical (unpaired) electrons. The lowest BCUT2D eigenvalue weighted by Gasteiger charge is -2.16. The van der Waals surface area contributed by atoms with Gasteiger partial charge in [-0.3, -0.25) is 4.40 Å². The van der Waals surface area contributed by atoms with Gasteiger partial charge in [-0.25, -0.2) is 0 Å². The molecule has 0 aliphatic rings. The Morgan fingerprint density at radius 1 is 1.21 bits per heavy atom. The number of rotatable bonds is 0. The fraction of sp³-hybridized carbons (Fsp3) is 0.400. The Labute approximate surface area is 91.3 Å². The average molecular weight is 254 g/mol. The van der Waals surface area contributed by atoms with Crippen molar-refractivity contribution >= 4 is 21.6 Å². The van der Waals surface area contributed by atoms with Crippen molar-refractivity contribution in [2.75, 3.05) is 0 Å². The Bertz CT molecular complexity index is 468. The SMILES string of the molecule is CC(C)(C)c1nnc2cccc(Br)n12. The summed E-state index contributed by atoms with van der Waals surface area (Å²) in [5, 5.41) is 8.34. The highest BCUT2D eigenvalue weighted by Gasteiger charge is 2.21. The van der Waals surface area contributed by atoms with Crippen molar-refractivity contribution in [3.63, 3.8) is 0 Å². The molecule has 0 unspecified atom stereocenters. The van der Waals surface area contributed by atoms with E-state index in [0.29, 0.717) is 0 Å². The van der Waals surface area contributed by atoms with E-state index in [9.17, 15) is 0 Å². The number of pyridine rings is 1. The standard InChI is InChI=1S/C10H12BrN3/c1-10(2,3)9-13-12-8-6-4-5-7(11)14(8)9/h4-6H,1-3H3. The van der Waals surface area contributed by atoms with Gasteiger partial charge in [-0.15, -0.1) is 10.2 Å². The van der Waals surface area contributed by atoms with Crippen LogP contribution in [0.1, 0.15) is 26.6 Å². The molecule has 4 heteroatoms. The second-order valence-electron chi connectivity index (χ2n) is 4.32. The van der Waals surface area contributed by atoms with Crippen LogP contribution in [0.2, 0.25) is 0 Å². The van der Waals surface area contributed by atoms with E-state index in [1.165, 1.54) is 0 Å². The lowest BCUT2D eigenvalue weighted by molar-refractivity contribution is 0.537. The van der Waals surface area contributed by atoms with Crippen LogP contribution < -0.4 is 0 Å². The van der Waals surface area contributed by atoms with Crippen LogP contribution in [0.4, 0.5) is 0 Å². The van der Waals surface area contributed by atoms with E-state index in [1.807, 2.05) is 22.6 Å². The summed E-state index contributed by atoms with van der Waals surface area (Å²) in [4.78, 5) is 0. The first-order chi connectivity index (χ1) is 6.50. The number of halogens is 1. The van der Waals surface area contributed by atoms with Crippen molar-refractivity contribution in [3.05, 3.63) is 28.6 Å². The molecule has 0 fully saturated rings. The Balaban J connectivity index is 2.80. The molecule has 0 spiro atoms. The lowest BCUT2D eigenvalue weighted by Crippen LogP contribution is -2.16. The summed E-state index contributed by atoms with van der Waals surface area (Å²) in [6.45, 7) is 6.38. The molecule has 0 saturated heterocycles. The third-order valence-electron chi connectivity index (χ3n) is 2.05. The molecule has 2 aromatic rings. The van der Waals surface area contributed by atoms with Crippen LogP contribution in [0.15, 0.2) is 22.8 Å². The van der Waals surface area contributed by atoms with Crippen molar-refractivity contribution in [2.24, 2.45) is 0 Å². The second-order valence-corrected chi connectivity index (χ2v) is 5.13. The minimum Gasteiger partial charge on any atom is -0.272 e. The smallest absolute Gasteiger partial charge is 0.161 e. The van der Waals surface area contributed by atoms with Crippen LogP contribution in [-0.2, 0) is 5.41 Å². The number of fused-ring (bicyclic) bond motifs is 1. The van der Waals surface area contributed by atoms with Crippen molar-refractivity contribution in [1.29, 1.82) is 0 Å². The Morgan fingerprint density at radius 2 is 1.93 bits per heavy atom. The quantitative estimate of drug-likeness (QED) is 0.676. The van der Waals surface area contributed by atoms with E-state index < -0.39 is 0 Å². The highest BCUT2D eigenvalue weighted by molar-refractivity contribution is 9.10. The van der Waals surface area contributed by atoms with Gasteiger partial charge in [0.1, 0.15) is 5.82 Å². The Morgan fingerprint density at radius 3 is 2.57 bits per heavy atom. The van der Waals surface area contributed by atoms with E-state index in [-0.39, 0.29) is 5.41 Å². The fourth-order valence-electron chi connectivity index (χ4n) is 1.39. The largest absolute Gasteiger partial charge is 0.272 e. The Kier molecular flexibility index (Phi) is 2.10. The van der Waals surface area contributed by atoms with Crippen LogP contribution >= 0.6 is 15.9 Å². The summed E-state index contributed by atoms with van der Waals surface area (Å²) in [6.07, 6.45) is 0. The van der Waals surface area contributed by atoms with Crippen LogP contribution in [0, 0.1) is 0 Å². The zero-order valence-electron chi connectivity index (χ0n) is 8.45. The van der Waals surface area contributed by atoms with Gasteiger partial charge in [0.05, 0.1) is 4.60 Å². The van der Waals surface area contributed by atoms with Gasteiger partial charge in [0, 0.05) is 5.41 Å². The molecule has 2 aromatic heterocycles. The van der Waals surface area contributed by atoms with Gasteiger partial charge in [-0.2, -0.15) is 0 Å². The number of hydrogen-bond donors (Lipinski definition) is 0. The second kappa shape index (κ2) is 3.05. The van der Waals surface area contributed by atoms with Gasteiger partial charge in [-0.1, -0.05) is 26.8 Å². The lowest BCUT2D eigenvalue weighted by atomic mass is 9.96. The van der Waals surface area contributed by atoms with Crippen molar-refractivity contribution in [2.45, 2.75) is 26.2 Å². The Hall–Kier alpha value is -0.900. The predicted molar refractivity (Wildman–Crippen MR) is 59.4 cm³/mol. The molecule has 3 nitrogen and oxygen atoms in total. The molecule has 0 amide bonds. The zero-order valence-corrected chi connectivity index (χ0v) is 10.0. The number of hydrogen-bond acceptors (Lipinski definition) is 2. The maximum absolute atomic E-state index is 4.21. The van der Waals surface area contributed by atoms with Crippen LogP contribution in [0.25, 0.3) is 5.65 Å². The highest BCUT2D eigenvalue weighted by Crippen LogP contribution is 2.23. The molecule has 2 heterocycles. The molecule has 2 rings (SSSR count). The average Bonchev–Trinajstić information content (AvgIpc) is 2.47. The zero-order chi connectivity index (χ0) is 10.3. The molecule has 0 saturated carbocycles. The minimum atomic E-state index is 0.00326. The third-order valence-corrected chi connectivity index (χ3v) is 2.67. The van der Waals surface area contributed by atoms with Crippen molar-refractivity contribution < 1.29 is 0 Å². The maximum atomic E-state index is 4.21. The van der Waals surface area contributed by atoms with Crippen LogP contribution in [0.3, 0.4) is 0 Å². The number of nitrogens with zero attached hydrogens (tertiary/aromatic N) is 3. The van der Waals surface area contributed by atoms with Crippen LogP contribution in [0.5, 0.6) is 0 Å². The predicted octanol–water partition coefficient (Wildman–Crippen LogP) is 2.79. The highest BCUT2D eigenvalue weighted by atomic mass is 79.9. The summed E-state index contributed by atoms with van der Waals surface area (Å²) in [5.41, 5.74) is 0.882. The van der Waals surface area contributed by atoms with Gasteiger partial charge in [-0.05, 0) is 28.1 Å². The van der Waals surface area contributed by atoms with Crippen molar-refractivity contribution in [3.8, 4) is 0 Å². The van der Waals surface area contributed by atoms with E-state index in [1.54, 1.807) is 0 Å². The van der Waals surface area contributed by atoms with E-state index in [0.717, 1.165) is 16.1 Å². The normalized spacial score (nSPS) is 12.3. The molecule has 14 heavy (non-hydrogen) atoms. The van der Waals surface area contributed by atoms with E-state index in [4.69, 9.17) is 0 Å². The van der Waals surface area contributed by atoms with Gasteiger partial charge < -0.3 is 0 Å². The third kappa shape index (κ3) is 1.43.